The fourth-order valence-corrected chi connectivity index (χ4v) is 8.35. The van der Waals surface area contributed by atoms with Crippen LogP contribution in [0.15, 0.2) is 91.4 Å². The molecule has 3 aromatic carbocycles. The number of likely N-dealkylation sites (N-methyl/N-ethyl adjacent to an activating group) is 1. The van der Waals surface area contributed by atoms with Crippen LogP contribution >= 0.6 is 0 Å². The third-order valence-corrected chi connectivity index (χ3v) is 11.5. The number of aldehydes is 1. The summed E-state index contributed by atoms with van der Waals surface area (Å²) in [4.78, 5) is 53.3. The number of benzene rings is 3. The van der Waals surface area contributed by atoms with Crippen molar-refractivity contribution in [1.29, 1.82) is 0 Å². The number of anilines is 2. The van der Waals surface area contributed by atoms with Crippen LogP contribution in [-0.2, 0) is 4.79 Å². The molecule has 3 aliphatic heterocycles. The van der Waals surface area contributed by atoms with Gasteiger partial charge in [-0.05, 0) is 99.0 Å². The number of ether oxygens (including phenoxy) is 1. The molecule has 3 aliphatic rings. The molecule has 3 fully saturated rings. The number of piperidine rings is 3. The molecule has 2 amide bonds. The summed E-state index contributed by atoms with van der Waals surface area (Å²) < 4.78 is 8.06. The van der Waals surface area contributed by atoms with Gasteiger partial charge in [0.05, 0.1) is 17.0 Å². The Morgan fingerprint density at radius 2 is 1.70 bits per heavy atom. The van der Waals surface area contributed by atoms with Crippen molar-refractivity contribution in [3.8, 4) is 22.8 Å². The van der Waals surface area contributed by atoms with Gasteiger partial charge in [0.15, 0.2) is 11.9 Å². The molecule has 5 aromatic rings. The molecular formula is C43H47N9O4. The van der Waals surface area contributed by atoms with Gasteiger partial charge in [0.2, 0.25) is 5.91 Å². The van der Waals surface area contributed by atoms with Crippen molar-refractivity contribution in [3.05, 3.63) is 103 Å². The maximum absolute atomic E-state index is 13.4. The summed E-state index contributed by atoms with van der Waals surface area (Å²) in [5.74, 6) is 1.92. The quantitative estimate of drug-likeness (QED) is 0.160. The minimum atomic E-state index is -0.597. The number of nitrogens with two attached hydrogens (primary N) is 1. The number of para-hydroxylation sites is 1. The van der Waals surface area contributed by atoms with E-state index in [-0.39, 0.29) is 17.9 Å². The highest BCUT2D eigenvalue weighted by Gasteiger charge is 2.32. The Hall–Kier alpha value is -6.08. The van der Waals surface area contributed by atoms with E-state index in [0.29, 0.717) is 41.4 Å². The Morgan fingerprint density at radius 1 is 0.964 bits per heavy atom. The molecule has 2 aromatic heterocycles. The highest BCUT2D eigenvalue weighted by Crippen LogP contribution is 2.36. The average molecular weight is 754 g/mol. The lowest BCUT2D eigenvalue weighted by Gasteiger charge is -2.38. The minimum absolute atomic E-state index is 0.195. The van der Waals surface area contributed by atoms with E-state index in [0.717, 1.165) is 104 Å². The zero-order valence-corrected chi connectivity index (χ0v) is 31.6. The van der Waals surface area contributed by atoms with Gasteiger partial charge in [-0.3, -0.25) is 14.4 Å². The number of carbonyl (C=O) groups is 3. The smallest absolute Gasteiger partial charge is 0.255 e. The summed E-state index contributed by atoms with van der Waals surface area (Å²) in [6.07, 6.45) is 7.36. The summed E-state index contributed by atoms with van der Waals surface area (Å²) >= 11 is 0. The van der Waals surface area contributed by atoms with Crippen LogP contribution < -0.4 is 20.7 Å². The van der Waals surface area contributed by atoms with Crippen molar-refractivity contribution in [1.82, 2.24) is 34.9 Å². The highest BCUT2D eigenvalue weighted by molar-refractivity contribution is 6.04. The number of aromatic nitrogens is 4. The molecular weight excluding hydrogens is 707 g/mol. The zero-order valence-electron chi connectivity index (χ0n) is 31.6. The number of hydrogen-bond donors (Lipinski definition) is 2. The Bertz CT molecular complexity index is 2240. The van der Waals surface area contributed by atoms with Gasteiger partial charge >= 0.3 is 0 Å². The molecule has 0 saturated carbocycles. The molecule has 5 heterocycles. The summed E-state index contributed by atoms with van der Waals surface area (Å²) in [7, 11) is 1.61. The molecule has 13 heteroatoms. The second-order valence-corrected chi connectivity index (χ2v) is 15.1. The predicted molar refractivity (Wildman–Crippen MR) is 216 cm³/mol. The van der Waals surface area contributed by atoms with E-state index in [9.17, 15) is 14.4 Å². The van der Waals surface area contributed by atoms with Gasteiger partial charge in [-0.1, -0.05) is 24.8 Å². The van der Waals surface area contributed by atoms with Crippen LogP contribution in [0, 0.1) is 5.92 Å². The molecule has 0 spiro atoms. The molecule has 13 nitrogen and oxygen atoms in total. The normalized spacial score (nSPS) is 18.5. The van der Waals surface area contributed by atoms with Crippen LogP contribution in [0.5, 0.6) is 11.5 Å². The molecule has 8 rings (SSSR count). The Labute approximate surface area is 326 Å². The van der Waals surface area contributed by atoms with Crippen molar-refractivity contribution in [2.75, 3.05) is 50.4 Å². The van der Waals surface area contributed by atoms with Crippen LogP contribution in [0.4, 0.5) is 11.5 Å². The number of likely N-dealkylation sites (tertiary alicyclic amines) is 1. The summed E-state index contributed by atoms with van der Waals surface area (Å²) in [5.41, 5.74) is 11.1. The fourth-order valence-electron chi connectivity index (χ4n) is 8.35. The molecule has 288 valence electrons. The van der Waals surface area contributed by atoms with Crippen molar-refractivity contribution >= 4 is 40.6 Å². The molecule has 3 saturated heterocycles. The van der Waals surface area contributed by atoms with Gasteiger partial charge in [-0.15, -0.1) is 0 Å². The monoisotopic (exact) mass is 753 g/mol. The molecule has 0 bridgehead atoms. The van der Waals surface area contributed by atoms with Gasteiger partial charge in [0, 0.05) is 62.3 Å². The second kappa shape index (κ2) is 16.0. The topological polar surface area (TPSA) is 152 Å². The number of fused-ring (bicyclic) bond motifs is 1. The third-order valence-electron chi connectivity index (χ3n) is 11.5. The fraction of sp³-hybridized carbons (Fsp3) is 0.349. The van der Waals surface area contributed by atoms with E-state index in [2.05, 4.69) is 36.3 Å². The molecule has 0 radical (unpaired) electrons. The van der Waals surface area contributed by atoms with Crippen LogP contribution in [-0.4, -0.2) is 93.5 Å². The molecule has 1 atom stereocenters. The Morgan fingerprint density at radius 3 is 2.41 bits per heavy atom. The Balaban J connectivity index is 0.864. The van der Waals surface area contributed by atoms with E-state index in [1.165, 1.54) is 11.2 Å². The van der Waals surface area contributed by atoms with Crippen molar-refractivity contribution < 1.29 is 19.1 Å². The first-order chi connectivity index (χ1) is 27.2. The SMILES string of the molecule is C=C1CCC(N(C)C(=O)c2ccc(N3CCC(CN4CCC(n5nc(-c6ccc(Oc7ccccc7)cc6)c6c(N)ncnc65)CC4)CC3)cc2C=O)C(=O)N1. The summed E-state index contributed by atoms with van der Waals surface area (Å²) in [6.45, 7) is 8.55. The van der Waals surface area contributed by atoms with Gasteiger partial charge in [-0.2, -0.15) is 5.10 Å². The lowest BCUT2D eigenvalue weighted by Crippen LogP contribution is -2.50. The number of rotatable bonds is 10. The summed E-state index contributed by atoms with van der Waals surface area (Å²) in [6, 6.07) is 22.6. The minimum Gasteiger partial charge on any atom is -0.457 e. The third kappa shape index (κ3) is 7.59. The second-order valence-electron chi connectivity index (χ2n) is 15.1. The number of nitrogens with zero attached hydrogens (tertiary/aromatic N) is 7. The van der Waals surface area contributed by atoms with Gasteiger partial charge in [-0.25, -0.2) is 14.6 Å². The first-order valence-electron chi connectivity index (χ1n) is 19.4. The number of nitrogens with one attached hydrogen (secondary N) is 1. The molecule has 3 N–H and O–H groups in total. The largest absolute Gasteiger partial charge is 0.457 e. The first-order valence-corrected chi connectivity index (χ1v) is 19.4. The number of allylic oxidation sites excluding steroid dienone is 1. The lowest BCUT2D eigenvalue weighted by atomic mass is 9.94. The van der Waals surface area contributed by atoms with E-state index in [1.807, 2.05) is 60.7 Å². The lowest BCUT2D eigenvalue weighted by molar-refractivity contribution is -0.125. The predicted octanol–water partition coefficient (Wildman–Crippen LogP) is 6.10. The number of carbonyl (C=O) groups excluding carboxylic acids is 3. The van der Waals surface area contributed by atoms with Crippen LogP contribution in [0.1, 0.15) is 65.3 Å². The average Bonchev–Trinajstić information content (AvgIpc) is 3.62. The maximum Gasteiger partial charge on any atom is 0.255 e. The number of hydrogen-bond acceptors (Lipinski definition) is 10. The van der Waals surface area contributed by atoms with Crippen molar-refractivity contribution in [2.24, 2.45) is 5.92 Å². The van der Waals surface area contributed by atoms with E-state index < -0.39 is 6.04 Å². The number of amides is 2. The van der Waals surface area contributed by atoms with Crippen molar-refractivity contribution in [2.45, 2.75) is 50.6 Å². The zero-order chi connectivity index (χ0) is 38.8. The van der Waals surface area contributed by atoms with E-state index in [4.69, 9.17) is 15.6 Å². The van der Waals surface area contributed by atoms with Gasteiger partial charge < -0.3 is 30.5 Å². The van der Waals surface area contributed by atoms with E-state index in [1.54, 1.807) is 19.2 Å². The Kier molecular flexibility index (Phi) is 10.5. The number of nitrogen functional groups attached to an aromatic ring is 1. The molecule has 0 aliphatic carbocycles. The van der Waals surface area contributed by atoms with Crippen LogP contribution in [0.3, 0.4) is 0 Å². The van der Waals surface area contributed by atoms with Crippen molar-refractivity contribution in [3.63, 3.8) is 0 Å². The highest BCUT2D eigenvalue weighted by atomic mass is 16.5. The molecule has 1 unspecified atom stereocenters. The van der Waals surface area contributed by atoms with Gasteiger partial charge in [0.25, 0.3) is 5.91 Å². The first kappa shape index (κ1) is 36.9. The maximum atomic E-state index is 13.4. The standard InChI is InChI=1S/C43H47N9O4/c1-28-8-15-37(42(54)47-28)49(2)43(55)36-14-11-33(24-31(36)26-53)51-22-16-29(17-23-51)25-50-20-18-32(19-21-50)52-41-38(40(44)45-27-46-41)39(48-52)30-9-12-35(13-10-30)56-34-6-4-3-5-7-34/h3-7,9-14,24,26-27,29,32,37H,1,8,15-23,25H2,2H3,(H,47,54)(H2,44,45,46). The van der Waals surface area contributed by atoms with Gasteiger partial charge in [0.1, 0.15) is 35.4 Å². The summed E-state index contributed by atoms with van der Waals surface area (Å²) in [5, 5.41) is 8.61. The molecule has 56 heavy (non-hydrogen) atoms. The van der Waals surface area contributed by atoms with E-state index >= 15 is 0 Å². The van der Waals surface area contributed by atoms with Crippen LogP contribution in [0.2, 0.25) is 0 Å². The van der Waals surface area contributed by atoms with Crippen LogP contribution in [0.25, 0.3) is 22.3 Å².